The largest absolute Gasteiger partial charge is 0.389 e. The first-order valence-electron chi connectivity index (χ1n) is 5.29. The molecule has 1 heterocycles. The fourth-order valence-electron chi connectivity index (χ4n) is 1.28. The van der Waals surface area contributed by atoms with Gasteiger partial charge in [0.25, 0.3) is 11.5 Å². The van der Waals surface area contributed by atoms with Crippen molar-refractivity contribution in [3.8, 4) is 0 Å². The molecular formula is C11H17N3O3. The number of hydrogen-bond donors (Lipinski definition) is 3. The van der Waals surface area contributed by atoms with Gasteiger partial charge in [-0.05, 0) is 33.3 Å². The van der Waals surface area contributed by atoms with Gasteiger partial charge in [-0.15, -0.1) is 0 Å². The Morgan fingerprint density at radius 3 is 2.59 bits per heavy atom. The Balaban J connectivity index is 2.98. The van der Waals surface area contributed by atoms with E-state index in [9.17, 15) is 14.7 Å². The molecule has 0 fully saturated rings. The van der Waals surface area contributed by atoms with Crippen LogP contribution in [0.2, 0.25) is 0 Å². The second-order valence-corrected chi connectivity index (χ2v) is 4.63. The average Bonchev–Trinajstić information content (AvgIpc) is 2.20. The van der Waals surface area contributed by atoms with Crippen LogP contribution in [-0.2, 0) is 0 Å². The lowest BCUT2D eigenvalue weighted by atomic mass is 10.1. The van der Waals surface area contributed by atoms with E-state index in [1.807, 2.05) is 0 Å². The molecule has 0 aliphatic rings. The third-order valence-electron chi connectivity index (χ3n) is 2.38. The van der Waals surface area contributed by atoms with Crippen LogP contribution in [0.15, 0.2) is 4.79 Å². The molecule has 0 aliphatic heterocycles. The predicted molar refractivity (Wildman–Crippen MR) is 63.0 cm³/mol. The molecule has 0 atom stereocenters. The summed E-state index contributed by atoms with van der Waals surface area (Å²) < 4.78 is 0. The van der Waals surface area contributed by atoms with E-state index in [0.717, 1.165) is 0 Å². The van der Waals surface area contributed by atoms with E-state index >= 15 is 0 Å². The van der Waals surface area contributed by atoms with Crippen LogP contribution in [0, 0.1) is 13.8 Å². The quantitative estimate of drug-likeness (QED) is 0.685. The number of nitrogens with zero attached hydrogens (tertiary/aromatic N) is 1. The van der Waals surface area contributed by atoms with Crippen LogP contribution in [0.5, 0.6) is 0 Å². The first-order chi connectivity index (χ1) is 7.72. The minimum absolute atomic E-state index is 0.0433. The van der Waals surface area contributed by atoms with E-state index in [2.05, 4.69) is 15.5 Å². The Labute approximate surface area is 99.1 Å². The SMILES string of the molecule is Cc1n[nH]c(=O)c(C(=O)NCC(C)(C)O)c1C. The molecule has 0 aliphatic carbocycles. The molecule has 17 heavy (non-hydrogen) atoms. The molecule has 0 aromatic carbocycles. The predicted octanol–water partition coefficient (Wildman–Crippen LogP) is -0.113. The van der Waals surface area contributed by atoms with Crippen molar-refractivity contribution in [2.24, 2.45) is 0 Å². The van der Waals surface area contributed by atoms with Crippen LogP contribution in [0.3, 0.4) is 0 Å². The molecule has 0 saturated carbocycles. The summed E-state index contributed by atoms with van der Waals surface area (Å²) in [6, 6.07) is 0. The van der Waals surface area contributed by atoms with Crippen molar-refractivity contribution in [3.05, 3.63) is 27.2 Å². The number of carbonyl (C=O) groups excluding carboxylic acids is 1. The van der Waals surface area contributed by atoms with Gasteiger partial charge in [-0.25, -0.2) is 5.10 Å². The van der Waals surface area contributed by atoms with E-state index < -0.39 is 17.1 Å². The van der Waals surface area contributed by atoms with Crippen LogP contribution >= 0.6 is 0 Å². The van der Waals surface area contributed by atoms with Crippen molar-refractivity contribution < 1.29 is 9.90 Å². The van der Waals surface area contributed by atoms with E-state index in [4.69, 9.17) is 0 Å². The van der Waals surface area contributed by atoms with Gasteiger partial charge in [-0.2, -0.15) is 5.10 Å². The van der Waals surface area contributed by atoms with Crippen LogP contribution in [-0.4, -0.2) is 33.4 Å². The fourth-order valence-corrected chi connectivity index (χ4v) is 1.28. The Morgan fingerprint density at radius 1 is 1.47 bits per heavy atom. The summed E-state index contributed by atoms with van der Waals surface area (Å²) in [4.78, 5) is 23.3. The van der Waals surface area contributed by atoms with Crippen molar-refractivity contribution in [2.45, 2.75) is 33.3 Å². The molecule has 0 bridgehead atoms. The van der Waals surface area contributed by atoms with E-state index in [-0.39, 0.29) is 12.1 Å². The first kappa shape index (κ1) is 13.4. The average molecular weight is 239 g/mol. The van der Waals surface area contributed by atoms with Gasteiger partial charge in [0, 0.05) is 6.54 Å². The molecule has 94 valence electrons. The second kappa shape index (κ2) is 4.67. The number of aromatic amines is 1. The number of amides is 1. The fraction of sp³-hybridized carbons (Fsp3) is 0.545. The normalized spacial score (nSPS) is 11.4. The summed E-state index contributed by atoms with van der Waals surface area (Å²) in [6.45, 7) is 6.59. The Kier molecular flexibility index (Phi) is 3.67. The van der Waals surface area contributed by atoms with E-state index in [1.165, 1.54) is 0 Å². The topological polar surface area (TPSA) is 95.1 Å². The highest BCUT2D eigenvalue weighted by molar-refractivity contribution is 5.95. The van der Waals surface area contributed by atoms with E-state index in [0.29, 0.717) is 11.3 Å². The lowest BCUT2D eigenvalue weighted by Gasteiger charge is -2.17. The number of aromatic nitrogens is 2. The molecule has 1 aromatic rings. The van der Waals surface area contributed by atoms with Crippen molar-refractivity contribution in [3.63, 3.8) is 0 Å². The maximum Gasteiger partial charge on any atom is 0.277 e. The monoisotopic (exact) mass is 239 g/mol. The van der Waals surface area contributed by atoms with Gasteiger partial charge >= 0.3 is 0 Å². The van der Waals surface area contributed by atoms with Gasteiger partial charge in [0.2, 0.25) is 0 Å². The highest BCUT2D eigenvalue weighted by atomic mass is 16.3. The van der Waals surface area contributed by atoms with Crippen LogP contribution in [0.4, 0.5) is 0 Å². The molecule has 0 spiro atoms. The van der Waals surface area contributed by atoms with Crippen molar-refractivity contribution in [2.75, 3.05) is 6.54 Å². The molecule has 3 N–H and O–H groups in total. The lowest BCUT2D eigenvalue weighted by Crippen LogP contribution is -2.40. The maximum absolute atomic E-state index is 11.8. The Hall–Kier alpha value is -1.69. The van der Waals surface area contributed by atoms with Gasteiger partial charge in [0.05, 0.1) is 11.3 Å². The molecule has 1 aromatic heterocycles. The summed E-state index contributed by atoms with van der Waals surface area (Å²) >= 11 is 0. The molecule has 1 rings (SSSR count). The molecule has 1 amide bonds. The molecule has 0 radical (unpaired) electrons. The van der Waals surface area contributed by atoms with Crippen molar-refractivity contribution in [1.82, 2.24) is 15.5 Å². The minimum atomic E-state index is -1.02. The van der Waals surface area contributed by atoms with Crippen LogP contribution < -0.4 is 10.9 Å². The molecule has 0 unspecified atom stereocenters. The highest BCUT2D eigenvalue weighted by Gasteiger charge is 2.19. The maximum atomic E-state index is 11.8. The van der Waals surface area contributed by atoms with Crippen LogP contribution in [0.1, 0.15) is 35.5 Å². The molecular weight excluding hydrogens is 222 g/mol. The first-order valence-corrected chi connectivity index (χ1v) is 5.29. The number of nitrogens with one attached hydrogen (secondary N) is 2. The highest BCUT2D eigenvalue weighted by Crippen LogP contribution is 2.05. The summed E-state index contributed by atoms with van der Waals surface area (Å²) in [5.41, 5.74) is -0.360. The Morgan fingerprint density at radius 2 is 2.06 bits per heavy atom. The number of aryl methyl sites for hydroxylation is 1. The summed E-state index contributed by atoms with van der Waals surface area (Å²) in [5.74, 6) is -0.503. The number of carbonyl (C=O) groups is 1. The standard InChI is InChI=1S/C11H17N3O3/c1-6-7(2)13-14-10(16)8(6)9(15)12-5-11(3,4)17/h17H,5H2,1-4H3,(H,12,15)(H,14,16). The summed E-state index contributed by atoms with van der Waals surface area (Å²) in [7, 11) is 0. The summed E-state index contributed by atoms with van der Waals surface area (Å²) in [5, 5.41) is 18.0. The van der Waals surface area contributed by atoms with Crippen molar-refractivity contribution >= 4 is 5.91 Å². The second-order valence-electron chi connectivity index (χ2n) is 4.63. The third kappa shape index (κ3) is 3.39. The zero-order valence-electron chi connectivity index (χ0n) is 10.4. The zero-order valence-corrected chi connectivity index (χ0v) is 10.4. The van der Waals surface area contributed by atoms with Gasteiger partial charge in [-0.3, -0.25) is 9.59 Å². The van der Waals surface area contributed by atoms with Crippen molar-refractivity contribution in [1.29, 1.82) is 0 Å². The van der Waals surface area contributed by atoms with E-state index in [1.54, 1.807) is 27.7 Å². The van der Waals surface area contributed by atoms with Gasteiger partial charge in [0.1, 0.15) is 5.56 Å². The number of rotatable bonds is 3. The molecule has 0 saturated heterocycles. The smallest absolute Gasteiger partial charge is 0.277 e. The summed E-state index contributed by atoms with van der Waals surface area (Å²) in [6.07, 6.45) is 0. The lowest BCUT2D eigenvalue weighted by molar-refractivity contribution is 0.0693. The third-order valence-corrected chi connectivity index (χ3v) is 2.38. The van der Waals surface area contributed by atoms with Gasteiger partial charge in [-0.1, -0.05) is 0 Å². The zero-order chi connectivity index (χ0) is 13.2. The number of aliphatic hydroxyl groups is 1. The molecule has 6 heteroatoms. The van der Waals surface area contributed by atoms with Gasteiger partial charge in [0.15, 0.2) is 0 Å². The van der Waals surface area contributed by atoms with Crippen LogP contribution in [0.25, 0.3) is 0 Å². The molecule has 6 nitrogen and oxygen atoms in total. The Bertz CT molecular complexity index is 486. The number of hydrogen-bond acceptors (Lipinski definition) is 4. The van der Waals surface area contributed by atoms with Gasteiger partial charge < -0.3 is 10.4 Å². The number of H-pyrrole nitrogens is 1. The minimum Gasteiger partial charge on any atom is -0.389 e.